The maximum atomic E-state index is 13.0. The van der Waals surface area contributed by atoms with Crippen LogP contribution in [0.25, 0.3) is 0 Å². The summed E-state index contributed by atoms with van der Waals surface area (Å²) >= 11 is 0. The van der Waals surface area contributed by atoms with Gasteiger partial charge in [-0.15, -0.1) is 0 Å². The van der Waals surface area contributed by atoms with Crippen LogP contribution in [0.5, 0.6) is 0 Å². The van der Waals surface area contributed by atoms with Crippen molar-refractivity contribution in [2.75, 3.05) is 4.90 Å². The normalized spacial score (nSPS) is 15.3. The third-order valence-corrected chi connectivity index (χ3v) is 4.14. The second-order valence-electron chi connectivity index (χ2n) is 5.75. The Balaban J connectivity index is 2.13. The first-order chi connectivity index (χ1) is 12.4. The van der Waals surface area contributed by atoms with Gasteiger partial charge in [0.15, 0.2) is 0 Å². The molecule has 0 spiro atoms. The summed E-state index contributed by atoms with van der Waals surface area (Å²) in [6.07, 6.45) is -12.2. The number of amides is 2. The molecule has 0 aliphatic carbocycles. The lowest BCUT2D eigenvalue weighted by molar-refractivity contribution is -0.376. The van der Waals surface area contributed by atoms with Crippen LogP contribution < -0.4 is 4.90 Å². The molecule has 1 heterocycles. The average Bonchev–Trinajstić information content (AvgIpc) is 2.84. The van der Waals surface area contributed by atoms with Crippen LogP contribution in [0.1, 0.15) is 26.3 Å². The number of alkyl halides is 6. The second kappa shape index (κ2) is 5.81. The summed E-state index contributed by atoms with van der Waals surface area (Å²) in [7, 11) is 0. The van der Waals surface area contributed by atoms with E-state index < -0.39 is 41.0 Å². The molecule has 0 unspecified atom stereocenters. The van der Waals surface area contributed by atoms with Crippen LogP contribution >= 0.6 is 0 Å². The van der Waals surface area contributed by atoms with Gasteiger partial charge in [0, 0.05) is 5.56 Å². The monoisotopic (exact) mass is 389 g/mol. The summed E-state index contributed by atoms with van der Waals surface area (Å²) in [6, 6.07) is 8.05. The van der Waals surface area contributed by atoms with E-state index in [2.05, 4.69) is 0 Å². The summed E-state index contributed by atoms with van der Waals surface area (Å²) in [4.78, 5) is 25.2. The van der Waals surface area contributed by atoms with E-state index in [0.717, 1.165) is 12.1 Å². The van der Waals surface area contributed by atoms with Crippen molar-refractivity contribution in [2.45, 2.75) is 18.0 Å². The molecule has 27 heavy (non-hydrogen) atoms. The lowest BCUT2D eigenvalue weighted by atomic mass is 9.92. The van der Waals surface area contributed by atoms with Gasteiger partial charge >= 0.3 is 12.4 Å². The topological polar surface area (TPSA) is 57.6 Å². The molecule has 0 radical (unpaired) electrons. The molecule has 0 atom stereocenters. The van der Waals surface area contributed by atoms with Crippen molar-refractivity contribution < 1.29 is 41.0 Å². The van der Waals surface area contributed by atoms with Gasteiger partial charge in [-0.25, -0.2) is 4.90 Å². The summed E-state index contributed by atoms with van der Waals surface area (Å²) in [6.45, 7) is 0. The molecule has 0 saturated carbocycles. The van der Waals surface area contributed by atoms with Gasteiger partial charge in [-0.1, -0.05) is 24.3 Å². The fourth-order valence-electron chi connectivity index (χ4n) is 2.78. The largest absolute Gasteiger partial charge is 0.430 e. The highest BCUT2D eigenvalue weighted by Crippen LogP contribution is 2.50. The summed E-state index contributed by atoms with van der Waals surface area (Å²) < 4.78 is 78.3. The number of fused-ring (bicyclic) bond motifs is 1. The number of nitrogens with zero attached hydrogens (tertiary/aromatic N) is 1. The third-order valence-electron chi connectivity index (χ3n) is 4.14. The number of carbonyl (C=O) groups is 2. The number of aliphatic hydroxyl groups is 1. The Kier molecular flexibility index (Phi) is 4.07. The highest BCUT2D eigenvalue weighted by atomic mass is 19.4. The van der Waals surface area contributed by atoms with Crippen LogP contribution in [0, 0.1) is 0 Å². The summed E-state index contributed by atoms with van der Waals surface area (Å²) in [5.74, 6) is -1.79. The lowest BCUT2D eigenvalue weighted by Crippen LogP contribution is -2.54. The lowest BCUT2D eigenvalue weighted by Gasteiger charge is -2.33. The Labute approximate surface area is 147 Å². The molecule has 0 fully saturated rings. The van der Waals surface area contributed by atoms with Crippen molar-refractivity contribution in [3.05, 3.63) is 65.2 Å². The first kappa shape index (κ1) is 18.9. The molecule has 1 aliphatic rings. The molecule has 0 aromatic heterocycles. The van der Waals surface area contributed by atoms with Gasteiger partial charge in [0.2, 0.25) is 0 Å². The predicted octanol–water partition coefficient (Wildman–Crippen LogP) is 3.80. The number of hydrogen-bond acceptors (Lipinski definition) is 3. The maximum Gasteiger partial charge on any atom is 0.430 e. The quantitative estimate of drug-likeness (QED) is 0.628. The number of anilines is 1. The SMILES string of the molecule is O=C1c2ccccc2C(=O)N1c1cccc(C(O)(C(F)(F)F)C(F)(F)F)c1. The van der Waals surface area contributed by atoms with E-state index in [1.807, 2.05) is 0 Å². The molecular formula is C17H9F6NO3. The zero-order chi connectivity index (χ0) is 20.2. The highest BCUT2D eigenvalue weighted by Gasteiger charge is 2.71. The first-order valence-corrected chi connectivity index (χ1v) is 7.34. The highest BCUT2D eigenvalue weighted by molar-refractivity contribution is 6.34. The molecule has 142 valence electrons. The van der Waals surface area contributed by atoms with Crippen molar-refractivity contribution in [3.8, 4) is 0 Å². The molecule has 1 aliphatic heterocycles. The Hall–Kier alpha value is -2.88. The van der Waals surface area contributed by atoms with Crippen molar-refractivity contribution in [2.24, 2.45) is 0 Å². The van der Waals surface area contributed by atoms with E-state index in [4.69, 9.17) is 0 Å². The third kappa shape index (κ3) is 2.67. The van der Waals surface area contributed by atoms with Crippen LogP contribution in [0.4, 0.5) is 32.0 Å². The number of rotatable bonds is 2. The zero-order valence-electron chi connectivity index (χ0n) is 13.1. The van der Waals surface area contributed by atoms with Gasteiger partial charge in [0.25, 0.3) is 17.4 Å². The van der Waals surface area contributed by atoms with Gasteiger partial charge in [-0.2, -0.15) is 26.3 Å². The molecule has 2 aromatic rings. The van der Waals surface area contributed by atoms with Crippen molar-refractivity contribution >= 4 is 17.5 Å². The van der Waals surface area contributed by atoms with Crippen LogP contribution in [-0.2, 0) is 5.60 Å². The van der Waals surface area contributed by atoms with Crippen molar-refractivity contribution in [1.29, 1.82) is 0 Å². The second-order valence-corrected chi connectivity index (χ2v) is 5.75. The molecule has 1 N–H and O–H groups in total. The molecule has 0 bridgehead atoms. The Morgan fingerprint density at radius 3 is 1.67 bits per heavy atom. The summed E-state index contributed by atoms with van der Waals surface area (Å²) in [5.41, 5.74) is -7.30. The first-order valence-electron chi connectivity index (χ1n) is 7.34. The summed E-state index contributed by atoms with van der Waals surface area (Å²) in [5, 5.41) is 9.49. The van der Waals surface area contributed by atoms with Crippen molar-refractivity contribution in [3.63, 3.8) is 0 Å². The Morgan fingerprint density at radius 2 is 1.22 bits per heavy atom. The van der Waals surface area contributed by atoms with Crippen LogP contribution in [-0.4, -0.2) is 29.3 Å². The van der Waals surface area contributed by atoms with E-state index >= 15 is 0 Å². The fourth-order valence-corrected chi connectivity index (χ4v) is 2.78. The fraction of sp³-hybridized carbons (Fsp3) is 0.176. The predicted molar refractivity (Wildman–Crippen MR) is 80.0 cm³/mol. The van der Waals surface area contributed by atoms with E-state index in [-0.39, 0.29) is 11.1 Å². The standard InChI is InChI=1S/C17H9F6NO3/c18-16(19,20)15(27,17(21,22)23)9-4-3-5-10(8-9)24-13(25)11-6-1-2-7-12(11)14(24)26/h1-8,27H. The average molecular weight is 389 g/mol. The molecule has 3 rings (SSSR count). The van der Waals surface area contributed by atoms with E-state index in [1.54, 1.807) is 0 Å². The minimum atomic E-state index is -6.08. The number of halogens is 6. The Morgan fingerprint density at radius 1 is 0.741 bits per heavy atom. The molecule has 10 heteroatoms. The van der Waals surface area contributed by atoms with Gasteiger partial charge in [-0.05, 0) is 24.3 Å². The molecule has 0 saturated heterocycles. The van der Waals surface area contributed by atoms with Gasteiger partial charge in [0.05, 0.1) is 16.8 Å². The number of imide groups is 1. The smallest absolute Gasteiger partial charge is 0.369 e. The van der Waals surface area contributed by atoms with Gasteiger partial charge in [0.1, 0.15) is 0 Å². The number of hydrogen-bond donors (Lipinski definition) is 1. The molecule has 2 amide bonds. The van der Waals surface area contributed by atoms with E-state index in [1.165, 1.54) is 24.3 Å². The van der Waals surface area contributed by atoms with E-state index in [9.17, 15) is 41.0 Å². The molecule has 4 nitrogen and oxygen atoms in total. The van der Waals surface area contributed by atoms with Crippen LogP contribution in [0.2, 0.25) is 0 Å². The van der Waals surface area contributed by atoms with Gasteiger partial charge < -0.3 is 5.11 Å². The van der Waals surface area contributed by atoms with E-state index in [0.29, 0.717) is 17.0 Å². The zero-order valence-corrected chi connectivity index (χ0v) is 13.1. The molecular weight excluding hydrogens is 380 g/mol. The van der Waals surface area contributed by atoms with Crippen molar-refractivity contribution in [1.82, 2.24) is 0 Å². The van der Waals surface area contributed by atoms with Crippen LogP contribution in [0.3, 0.4) is 0 Å². The minimum Gasteiger partial charge on any atom is -0.369 e. The van der Waals surface area contributed by atoms with Crippen LogP contribution in [0.15, 0.2) is 48.5 Å². The number of benzene rings is 2. The number of carbonyl (C=O) groups excluding carboxylic acids is 2. The minimum absolute atomic E-state index is 0.0326. The molecule has 2 aromatic carbocycles. The Bertz CT molecular complexity index is 886. The maximum absolute atomic E-state index is 13.0. The van der Waals surface area contributed by atoms with Gasteiger partial charge in [-0.3, -0.25) is 9.59 Å².